The first-order valence-electron chi connectivity index (χ1n) is 4.94. The minimum Gasteiger partial charge on any atom is -0.558 e. The van der Waals surface area contributed by atoms with E-state index < -0.39 is 0 Å². The zero-order valence-electron chi connectivity index (χ0n) is 8.46. The standard InChI is InChI=1S/C11H16BN/c1-13(2)9-5-7-10-6-3-4-8-11(10)12-13/h3-4,6,8H,5,7,9H2,1-2H3/q+1. The molecular weight excluding hydrogens is 157 g/mol. The normalized spacial score (nSPS) is 26.3. The maximum Gasteiger partial charge on any atom is 0.0872 e. The molecule has 2 heteroatoms. The van der Waals surface area contributed by atoms with E-state index in [1.807, 2.05) is 0 Å². The Hall–Kier alpha value is -0.625. The van der Waals surface area contributed by atoms with Gasteiger partial charge in [0.15, 0.2) is 0 Å². The highest BCUT2D eigenvalue weighted by Gasteiger charge is 2.21. The number of quaternary nitrogens is 1. The van der Waals surface area contributed by atoms with Gasteiger partial charge in [0, 0.05) is 51.6 Å². The van der Waals surface area contributed by atoms with Crippen LogP contribution in [0.2, 0.25) is 0 Å². The fourth-order valence-electron chi connectivity index (χ4n) is 2.01. The van der Waals surface area contributed by atoms with Gasteiger partial charge in [-0.2, -0.15) is 0 Å². The zero-order chi connectivity index (χ0) is 9.31. The average molecular weight is 173 g/mol. The van der Waals surface area contributed by atoms with Gasteiger partial charge in [-0.25, -0.2) is 0 Å². The second kappa shape index (κ2) is 3.26. The van der Waals surface area contributed by atoms with Crippen molar-refractivity contribution in [3.63, 3.8) is 0 Å². The van der Waals surface area contributed by atoms with Gasteiger partial charge in [-0.3, -0.25) is 0 Å². The van der Waals surface area contributed by atoms with Gasteiger partial charge in [0.05, 0.1) is 13.8 Å². The van der Waals surface area contributed by atoms with Gasteiger partial charge in [-0.1, -0.05) is 5.47 Å². The molecule has 1 aliphatic carbocycles. The topological polar surface area (TPSA) is 0 Å². The van der Waals surface area contributed by atoms with Crippen LogP contribution in [0.25, 0.3) is 0 Å². The SMILES string of the molecule is C[N+]1(C)[B-]C2=C(C=C[CH][CH+]2)CCC1. The van der Waals surface area contributed by atoms with Gasteiger partial charge >= 0.3 is 0 Å². The Morgan fingerprint density at radius 1 is 1.46 bits per heavy atom. The molecule has 2 rings (SSSR count). The van der Waals surface area contributed by atoms with E-state index in [-0.39, 0.29) is 0 Å². The van der Waals surface area contributed by atoms with Crippen LogP contribution < -0.4 is 0 Å². The number of allylic oxidation sites excluding steroid dienone is 4. The molecule has 0 aromatic heterocycles. The van der Waals surface area contributed by atoms with Crippen LogP contribution in [0.5, 0.6) is 0 Å². The average Bonchev–Trinajstić information content (AvgIpc) is 2.21. The molecule has 0 atom stereocenters. The molecule has 0 fully saturated rings. The quantitative estimate of drug-likeness (QED) is 0.386. The molecule has 0 saturated heterocycles. The van der Waals surface area contributed by atoms with Gasteiger partial charge < -0.3 is 4.39 Å². The molecule has 0 aromatic rings. The molecule has 0 N–H and O–H groups in total. The third kappa shape index (κ3) is 2.00. The third-order valence-corrected chi connectivity index (χ3v) is 2.72. The molecule has 1 heterocycles. The van der Waals surface area contributed by atoms with Crippen molar-refractivity contribution in [2.24, 2.45) is 0 Å². The second-order valence-corrected chi connectivity index (χ2v) is 4.43. The van der Waals surface area contributed by atoms with Gasteiger partial charge in [0.1, 0.15) is 0 Å². The van der Waals surface area contributed by atoms with Gasteiger partial charge in [-0.05, 0) is 6.08 Å². The van der Waals surface area contributed by atoms with Crippen LogP contribution in [0, 0.1) is 12.8 Å². The molecular formula is C11H16BN+. The predicted octanol–water partition coefficient (Wildman–Crippen LogP) is 1.71. The highest BCUT2D eigenvalue weighted by Crippen LogP contribution is 2.25. The minimum absolute atomic E-state index is 1.01. The summed E-state index contributed by atoms with van der Waals surface area (Å²) >= 11 is 0. The summed E-state index contributed by atoms with van der Waals surface area (Å²) in [5.74, 6) is 0. The van der Waals surface area contributed by atoms with E-state index in [0.717, 1.165) is 4.39 Å². The Morgan fingerprint density at radius 3 is 3.15 bits per heavy atom. The molecule has 0 unspecified atom stereocenters. The van der Waals surface area contributed by atoms with Crippen LogP contribution in [0.4, 0.5) is 0 Å². The molecule has 2 aliphatic rings. The number of nitrogens with zero attached hydrogens (tertiary/aromatic N) is 1. The van der Waals surface area contributed by atoms with E-state index in [2.05, 4.69) is 46.5 Å². The van der Waals surface area contributed by atoms with E-state index in [9.17, 15) is 0 Å². The maximum absolute atomic E-state index is 2.36. The smallest absolute Gasteiger partial charge is 0.0872 e. The van der Waals surface area contributed by atoms with E-state index in [4.69, 9.17) is 0 Å². The van der Waals surface area contributed by atoms with E-state index in [0.29, 0.717) is 0 Å². The summed E-state index contributed by atoms with van der Waals surface area (Å²) in [5, 5.41) is 0. The van der Waals surface area contributed by atoms with Gasteiger partial charge in [-0.15, -0.1) is 0 Å². The molecule has 0 spiro atoms. The summed E-state index contributed by atoms with van der Waals surface area (Å²) in [6.07, 6.45) is 11.3. The first kappa shape index (κ1) is 8.95. The summed E-state index contributed by atoms with van der Waals surface area (Å²) in [7, 11) is 6.90. The number of hydrogen-bond donors (Lipinski definition) is 0. The fraction of sp³-hybridized carbons (Fsp3) is 0.455. The van der Waals surface area contributed by atoms with Crippen molar-refractivity contribution in [2.75, 3.05) is 20.6 Å². The summed E-state index contributed by atoms with van der Waals surface area (Å²) in [6.45, 7) is 1.24. The highest BCUT2D eigenvalue weighted by molar-refractivity contribution is 6.39. The minimum atomic E-state index is 1.01. The Balaban J connectivity index is 2.22. The third-order valence-electron chi connectivity index (χ3n) is 2.72. The molecule has 0 saturated carbocycles. The van der Waals surface area contributed by atoms with Crippen molar-refractivity contribution in [3.05, 3.63) is 36.0 Å². The van der Waals surface area contributed by atoms with E-state index in [1.165, 1.54) is 30.4 Å². The lowest BCUT2D eigenvalue weighted by Crippen LogP contribution is -2.44. The number of rotatable bonds is 0. The summed E-state index contributed by atoms with van der Waals surface area (Å²) < 4.78 is 1.01. The van der Waals surface area contributed by atoms with E-state index in [1.54, 1.807) is 0 Å². The van der Waals surface area contributed by atoms with Crippen molar-refractivity contribution >= 4 is 7.41 Å². The van der Waals surface area contributed by atoms with Crippen molar-refractivity contribution in [2.45, 2.75) is 12.8 Å². The summed E-state index contributed by atoms with van der Waals surface area (Å²) in [6, 6.07) is 0. The molecule has 0 aromatic carbocycles. The monoisotopic (exact) mass is 173 g/mol. The van der Waals surface area contributed by atoms with Crippen molar-refractivity contribution in [3.8, 4) is 0 Å². The largest absolute Gasteiger partial charge is 0.558 e. The van der Waals surface area contributed by atoms with Crippen LogP contribution in [0.15, 0.2) is 23.2 Å². The Morgan fingerprint density at radius 2 is 2.31 bits per heavy atom. The highest BCUT2D eigenvalue weighted by atomic mass is 15.2. The Bertz CT molecular complexity index is 263. The van der Waals surface area contributed by atoms with Gasteiger partial charge in [0.2, 0.25) is 0 Å². The Labute approximate surface area is 82.0 Å². The lowest BCUT2D eigenvalue weighted by molar-refractivity contribution is -0.777. The van der Waals surface area contributed by atoms with Crippen LogP contribution in [0.3, 0.4) is 0 Å². The molecule has 1 nitrogen and oxygen atoms in total. The van der Waals surface area contributed by atoms with Crippen LogP contribution in [-0.4, -0.2) is 32.4 Å². The Kier molecular flexibility index (Phi) is 2.25. The van der Waals surface area contributed by atoms with Crippen molar-refractivity contribution < 1.29 is 4.39 Å². The first-order valence-corrected chi connectivity index (χ1v) is 4.94. The van der Waals surface area contributed by atoms with Crippen molar-refractivity contribution in [1.82, 2.24) is 0 Å². The second-order valence-electron chi connectivity index (χ2n) is 4.43. The van der Waals surface area contributed by atoms with Crippen LogP contribution in [-0.2, 0) is 0 Å². The molecule has 67 valence electrons. The summed E-state index contributed by atoms with van der Waals surface area (Å²) in [5.41, 5.74) is 2.93. The first-order chi connectivity index (χ1) is 6.17. The fourth-order valence-corrected chi connectivity index (χ4v) is 2.01. The molecule has 1 aliphatic heterocycles. The van der Waals surface area contributed by atoms with Crippen LogP contribution >= 0.6 is 0 Å². The zero-order valence-corrected chi connectivity index (χ0v) is 8.46. The predicted molar refractivity (Wildman–Crippen MR) is 56.7 cm³/mol. The lowest BCUT2D eigenvalue weighted by atomic mass is 9.71. The summed E-state index contributed by atoms with van der Waals surface area (Å²) in [4.78, 5) is 0. The van der Waals surface area contributed by atoms with Crippen LogP contribution in [0.1, 0.15) is 12.8 Å². The lowest BCUT2D eigenvalue weighted by Gasteiger charge is -2.41. The molecule has 0 amide bonds. The molecule has 13 heavy (non-hydrogen) atoms. The maximum atomic E-state index is 2.36. The van der Waals surface area contributed by atoms with Gasteiger partial charge in [0.25, 0.3) is 0 Å². The number of hydrogen-bond acceptors (Lipinski definition) is 0. The molecule has 3 radical (unpaired) electrons. The van der Waals surface area contributed by atoms with E-state index >= 15 is 0 Å². The van der Waals surface area contributed by atoms with Crippen molar-refractivity contribution in [1.29, 1.82) is 0 Å². The molecule has 0 bridgehead atoms.